The van der Waals surface area contributed by atoms with E-state index < -0.39 is 0 Å². The van der Waals surface area contributed by atoms with Crippen molar-refractivity contribution in [2.24, 2.45) is 0 Å². The molecule has 0 saturated heterocycles. The molecule has 78 valence electrons. The highest BCUT2D eigenvalue weighted by Crippen LogP contribution is 2.18. The van der Waals surface area contributed by atoms with E-state index in [0.717, 1.165) is 5.69 Å². The molecule has 1 aromatic heterocycles. The molecule has 0 aliphatic heterocycles. The molecule has 1 rings (SSSR count). The van der Waals surface area contributed by atoms with Crippen LogP contribution in [0.15, 0.2) is 10.9 Å². The van der Waals surface area contributed by atoms with Crippen LogP contribution in [0.3, 0.4) is 0 Å². The number of ether oxygens (including phenoxy) is 1. The second-order valence-corrected chi connectivity index (χ2v) is 4.26. The first kappa shape index (κ1) is 10.9. The Kier molecular flexibility index (Phi) is 3.06. The van der Waals surface area contributed by atoms with Crippen molar-refractivity contribution in [1.29, 1.82) is 0 Å². The van der Waals surface area contributed by atoms with Crippen LogP contribution in [0.1, 0.15) is 32.3 Å². The number of nitrogens with one attached hydrogen (secondary N) is 1. The lowest BCUT2D eigenvalue weighted by atomic mass is 9.92. The minimum Gasteiger partial charge on any atom is -0.377 e. The zero-order valence-corrected chi connectivity index (χ0v) is 9.05. The van der Waals surface area contributed by atoms with Crippen molar-refractivity contribution in [3.05, 3.63) is 27.9 Å². The summed E-state index contributed by atoms with van der Waals surface area (Å²) in [6.07, 6.45) is 0. The van der Waals surface area contributed by atoms with Gasteiger partial charge in [0.25, 0.3) is 5.56 Å². The molecular weight excluding hydrogens is 180 g/mol. The van der Waals surface area contributed by atoms with Crippen LogP contribution in [-0.2, 0) is 16.8 Å². The molecule has 0 radical (unpaired) electrons. The third-order valence-corrected chi connectivity index (χ3v) is 1.88. The topological polar surface area (TPSA) is 55.0 Å². The summed E-state index contributed by atoms with van der Waals surface area (Å²) in [7, 11) is 1.57. The lowest BCUT2D eigenvalue weighted by Gasteiger charge is -2.18. The first-order valence-corrected chi connectivity index (χ1v) is 4.53. The molecule has 1 N–H and O–H groups in total. The van der Waals surface area contributed by atoms with E-state index in [9.17, 15) is 4.79 Å². The van der Waals surface area contributed by atoms with Crippen LogP contribution in [-0.4, -0.2) is 17.1 Å². The molecule has 0 amide bonds. The number of aromatic nitrogens is 2. The van der Waals surface area contributed by atoms with E-state index in [1.165, 1.54) is 6.07 Å². The molecular formula is C10H16N2O2. The summed E-state index contributed by atoms with van der Waals surface area (Å²) in [6, 6.07) is 1.53. The monoisotopic (exact) mass is 196 g/mol. The summed E-state index contributed by atoms with van der Waals surface area (Å²) >= 11 is 0. The minimum atomic E-state index is -0.222. The summed E-state index contributed by atoms with van der Waals surface area (Å²) in [6.45, 7) is 6.44. The highest BCUT2D eigenvalue weighted by molar-refractivity contribution is 5.12. The van der Waals surface area contributed by atoms with E-state index in [4.69, 9.17) is 4.74 Å². The fourth-order valence-electron chi connectivity index (χ4n) is 1.12. The predicted octanol–water partition coefficient (Wildman–Crippen LogP) is 1.21. The SMILES string of the molecule is COCc1nc(=O)cc(C(C)(C)C)[nH]1. The first-order chi connectivity index (χ1) is 6.43. The minimum absolute atomic E-state index is 0.0788. The van der Waals surface area contributed by atoms with Crippen molar-refractivity contribution in [1.82, 2.24) is 9.97 Å². The molecule has 0 saturated carbocycles. The van der Waals surface area contributed by atoms with Crippen LogP contribution in [0.5, 0.6) is 0 Å². The van der Waals surface area contributed by atoms with Crippen molar-refractivity contribution in [3.63, 3.8) is 0 Å². The van der Waals surface area contributed by atoms with E-state index in [1.54, 1.807) is 7.11 Å². The second kappa shape index (κ2) is 3.92. The maximum atomic E-state index is 11.2. The molecule has 0 aliphatic carbocycles. The van der Waals surface area contributed by atoms with E-state index in [0.29, 0.717) is 12.4 Å². The normalized spacial score (nSPS) is 11.7. The van der Waals surface area contributed by atoms with Gasteiger partial charge in [0.05, 0.1) is 0 Å². The fraction of sp³-hybridized carbons (Fsp3) is 0.600. The van der Waals surface area contributed by atoms with Gasteiger partial charge in [-0.15, -0.1) is 0 Å². The largest absolute Gasteiger partial charge is 0.377 e. The van der Waals surface area contributed by atoms with Gasteiger partial charge in [-0.3, -0.25) is 4.79 Å². The third kappa shape index (κ3) is 2.67. The Hall–Kier alpha value is -1.16. The van der Waals surface area contributed by atoms with Gasteiger partial charge < -0.3 is 9.72 Å². The Bertz CT molecular complexity index is 363. The van der Waals surface area contributed by atoms with Gasteiger partial charge >= 0.3 is 0 Å². The summed E-state index contributed by atoms with van der Waals surface area (Å²) < 4.78 is 4.92. The average Bonchev–Trinajstić information content (AvgIpc) is 2.02. The number of hydrogen-bond donors (Lipinski definition) is 1. The summed E-state index contributed by atoms with van der Waals surface area (Å²) in [5.41, 5.74) is 0.579. The van der Waals surface area contributed by atoms with Crippen molar-refractivity contribution in [2.45, 2.75) is 32.8 Å². The van der Waals surface area contributed by atoms with Crippen LogP contribution >= 0.6 is 0 Å². The van der Waals surface area contributed by atoms with E-state index in [2.05, 4.69) is 9.97 Å². The third-order valence-electron chi connectivity index (χ3n) is 1.88. The maximum absolute atomic E-state index is 11.2. The zero-order valence-electron chi connectivity index (χ0n) is 9.05. The molecule has 14 heavy (non-hydrogen) atoms. The van der Waals surface area contributed by atoms with Crippen molar-refractivity contribution in [3.8, 4) is 0 Å². The standard InChI is InChI=1S/C10H16N2O2/c1-10(2,3)7-5-9(13)12-8(11-7)6-14-4/h5H,6H2,1-4H3,(H,11,12,13). The van der Waals surface area contributed by atoms with Gasteiger partial charge in [-0.25, -0.2) is 0 Å². The van der Waals surface area contributed by atoms with Crippen LogP contribution in [0.25, 0.3) is 0 Å². The molecule has 0 unspecified atom stereocenters. The Balaban J connectivity index is 3.14. The number of methoxy groups -OCH3 is 1. The lowest BCUT2D eigenvalue weighted by Crippen LogP contribution is -2.21. The molecule has 4 heteroatoms. The molecule has 0 aliphatic rings. The van der Waals surface area contributed by atoms with Gasteiger partial charge in [0.1, 0.15) is 12.4 Å². The first-order valence-electron chi connectivity index (χ1n) is 4.53. The average molecular weight is 196 g/mol. The molecule has 0 fully saturated rings. The molecule has 1 aromatic rings. The van der Waals surface area contributed by atoms with Crippen molar-refractivity contribution in [2.75, 3.05) is 7.11 Å². The highest BCUT2D eigenvalue weighted by atomic mass is 16.5. The number of H-pyrrole nitrogens is 1. The summed E-state index contributed by atoms with van der Waals surface area (Å²) in [5.74, 6) is 0.574. The zero-order chi connectivity index (χ0) is 10.8. The number of rotatable bonds is 2. The lowest BCUT2D eigenvalue weighted by molar-refractivity contribution is 0.177. The van der Waals surface area contributed by atoms with E-state index >= 15 is 0 Å². The number of aromatic amines is 1. The van der Waals surface area contributed by atoms with Crippen LogP contribution in [0.2, 0.25) is 0 Å². The molecule has 0 bridgehead atoms. The summed E-state index contributed by atoms with van der Waals surface area (Å²) in [4.78, 5) is 18.1. The molecule has 1 heterocycles. The maximum Gasteiger partial charge on any atom is 0.273 e. The van der Waals surface area contributed by atoms with Crippen molar-refractivity contribution < 1.29 is 4.74 Å². The Morgan fingerprint density at radius 1 is 1.50 bits per heavy atom. The van der Waals surface area contributed by atoms with Crippen molar-refractivity contribution >= 4 is 0 Å². The Morgan fingerprint density at radius 3 is 2.64 bits per heavy atom. The van der Waals surface area contributed by atoms with E-state index in [-0.39, 0.29) is 11.0 Å². The smallest absolute Gasteiger partial charge is 0.273 e. The van der Waals surface area contributed by atoms with Crippen LogP contribution in [0.4, 0.5) is 0 Å². The van der Waals surface area contributed by atoms with Gasteiger partial charge in [-0.1, -0.05) is 20.8 Å². The van der Waals surface area contributed by atoms with Gasteiger partial charge in [0, 0.05) is 24.3 Å². The number of hydrogen-bond acceptors (Lipinski definition) is 3. The van der Waals surface area contributed by atoms with Gasteiger partial charge in [0.2, 0.25) is 0 Å². The van der Waals surface area contributed by atoms with Gasteiger partial charge in [-0.05, 0) is 0 Å². The summed E-state index contributed by atoms with van der Waals surface area (Å²) in [5, 5.41) is 0. The van der Waals surface area contributed by atoms with Crippen LogP contribution < -0.4 is 5.56 Å². The molecule has 0 spiro atoms. The number of nitrogens with zero attached hydrogens (tertiary/aromatic N) is 1. The van der Waals surface area contributed by atoms with Gasteiger partial charge in [-0.2, -0.15) is 4.98 Å². The highest BCUT2D eigenvalue weighted by Gasteiger charge is 2.15. The van der Waals surface area contributed by atoms with Gasteiger partial charge in [0.15, 0.2) is 0 Å². The predicted molar refractivity (Wildman–Crippen MR) is 54.3 cm³/mol. The quantitative estimate of drug-likeness (QED) is 0.773. The second-order valence-electron chi connectivity index (χ2n) is 4.26. The van der Waals surface area contributed by atoms with E-state index in [1.807, 2.05) is 20.8 Å². The van der Waals surface area contributed by atoms with Crippen LogP contribution in [0, 0.1) is 0 Å². The Labute approximate surface area is 83.3 Å². The molecule has 4 nitrogen and oxygen atoms in total. The fourth-order valence-corrected chi connectivity index (χ4v) is 1.12. The Morgan fingerprint density at radius 2 is 2.14 bits per heavy atom. The molecule has 0 aromatic carbocycles. The molecule has 0 atom stereocenters.